The molecule has 1 aliphatic carbocycles. The number of nitrogens with zero attached hydrogens (tertiary/aromatic N) is 3. The van der Waals surface area contributed by atoms with E-state index >= 15 is 0 Å². The fraction of sp³-hybridized carbons (Fsp3) is 0.933. The van der Waals surface area contributed by atoms with E-state index < -0.39 is 0 Å². The van der Waals surface area contributed by atoms with Crippen LogP contribution in [0.3, 0.4) is 0 Å². The summed E-state index contributed by atoms with van der Waals surface area (Å²) in [5.74, 6) is 0. The zero-order chi connectivity index (χ0) is 12.8. The fourth-order valence-electron chi connectivity index (χ4n) is 3.15. The van der Waals surface area contributed by atoms with E-state index in [1.54, 1.807) is 0 Å². The fourth-order valence-corrected chi connectivity index (χ4v) is 3.15. The molecule has 1 saturated carbocycles. The molecule has 0 aromatic rings. The van der Waals surface area contributed by atoms with Gasteiger partial charge in [0.2, 0.25) is 0 Å². The van der Waals surface area contributed by atoms with Gasteiger partial charge in [-0.1, -0.05) is 19.8 Å². The number of piperazine rings is 1. The van der Waals surface area contributed by atoms with E-state index in [0.29, 0.717) is 0 Å². The maximum absolute atomic E-state index is 9.17. The minimum absolute atomic E-state index is 0.0842. The summed E-state index contributed by atoms with van der Waals surface area (Å²) in [7, 11) is 0. The summed E-state index contributed by atoms with van der Waals surface area (Å²) >= 11 is 0. The van der Waals surface area contributed by atoms with Gasteiger partial charge in [0, 0.05) is 26.2 Å². The highest BCUT2D eigenvalue weighted by molar-refractivity contribution is 5.04. The Kier molecular flexibility index (Phi) is 5.03. The second kappa shape index (κ2) is 6.54. The molecule has 0 atom stereocenters. The Morgan fingerprint density at radius 2 is 1.72 bits per heavy atom. The van der Waals surface area contributed by atoms with E-state index in [-0.39, 0.29) is 5.41 Å². The first-order valence-corrected chi connectivity index (χ1v) is 7.64. The Hall–Kier alpha value is -0.590. The Bertz CT molecular complexity index is 283. The molecular weight excluding hydrogens is 222 g/mol. The van der Waals surface area contributed by atoms with E-state index in [1.807, 2.05) is 0 Å². The van der Waals surface area contributed by atoms with E-state index in [0.717, 1.165) is 19.3 Å². The quantitative estimate of drug-likeness (QED) is 0.678. The molecule has 1 aliphatic heterocycles. The van der Waals surface area contributed by atoms with Crippen molar-refractivity contribution in [3.05, 3.63) is 0 Å². The lowest BCUT2D eigenvalue weighted by Crippen LogP contribution is -2.46. The zero-order valence-corrected chi connectivity index (χ0v) is 11.8. The third-order valence-electron chi connectivity index (χ3n) is 4.84. The highest BCUT2D eigenvalue weighted by Crippen LogP contribution is 2.44. The second-order valence-electron chi connectivity index (χ2n) is 5.98. The lowest BCUT2D eigenvalue weighted by Gasteiger charge is -2.36. The van der Waals surface area contributed by atoms with Crippen molar-refractivity contribution in [2.75, 3.05) is 39.3 Å². The third-order valence-corrected chi connectivity index (χ3v) is 4.84. The molecule has 2 rings (SSSR count). The molecule has 0 radical (unpaired) electrons. The number of rotatable bonds is 6. The molecule has 2 fully saturated rings. The zero-order valence-electron chi connectivity index (χ0n) is 11.8. The molecule has 2 aliphatic rings. The van der Waals surface area contributed by atoms with Gasteiger partial charge in [0.25, 0.3) is 0 Å². The molecule has 1 heterocycles. The van der Waals surface area contributed by atoms with Crippen LogP contribution in [0, 0.1) is 16.7 Å². The van der Waals surface area contributed by atoms with Crippen molar-refractivity contribution >= 4 is 0 Å². The summed E-state index contributed by atoms with van der Waals surface area (Å²) in [4.78, 5) is 5.11. The van der Waals surface area contributed by atoms with Crippen molar-refractivity contribution in [2.24, 2.45) is 5.41 Å². The van der Waals surface area contributed by atoms with Gasteiger partial charge in [-0.15, -0.1) is 0 Å². The Morgan fingerprint density at radius 1 is 1.06 bits per heavy atom. The van der Waals surface area contributed by atoms with Crippen LogP contribution in [0.4, 0.5) is 0 Å². The van der Waals surface area contributed by atoms with Crippen LogP contribution in [-0.4, -0.2) is 49.1 Å². The minimum atomic E-state index is 0.0842. The summed E-state index contributed by atoms with van der Waals surface area (Å²) < 4.78 is 0. The first kappa shape index (κ1) is 13.8. The van der Waals surface area contributed by atoms with E-state index in [4.69, 9.17) is 0 Å². The summed E-state index contributed by atoms with van der Waals surface area (Å²) in [5.41, 5.74) is 0.0842. The molecule has 102 valence electrons. The third kappa shape index (κ3) is 3.46. The molecule has 0 N–H and O–H groups in total. The molecule has 0 bridgehead atoms. The molecule has 0 aromatic carbocycles. The van der Waals surface area contributed by atoms with Gasteiger partial charge < -0.3 is 9.80 Å². The Morgan fingerprint density at radius 3 is 2.22 bits per heavy atom. The maximum atomic E-state index is 9.17. The van der Waals surface area contributed by atoms with E-state index in [2.05, 4.69) is 22.8 Å². The molecule has 3 nitrogen and oxygen atoms in total. The molecule has 0 aromatic heterocycles. The summed E-state index contributed by atoms with van der Waals surface area (Å²) in [6, 6.07) is 2.55. The SMILES string of the molecule is CCN1CCN(CCCCC2(C#N)CCC2)CC1. The van der Waals surface area contributed by atoms with Crippen molar-refractivity contribution in [3.8, 4) is 6.07 Å². The highest BCUT2D eigenvalue weighted by Gasteiger charge is 2.36. The molecule has 18 heavy (non-hydrogen) atoms. The second-order valence-corrected chi connectivity index (χ2v) is 5.98. The maximum Gasteiger partial charge on any atom is 0.0689 e. The van der Waals surface area contributed by atoms with Crippen molar-refractivity contribution in [3.63, 3.8) is 0 Å². The topological polar surface area (TPSA) is 30.3 Å². The van der Waals surface area contributed by atoms with Crippen molar-refractivity contribution in [1.29, 1.82) is 5.26 Å². The van der Waals surface area contributed by atoms with E-state index in [9.17, 15) is 5.26 Å². The van der Waals surface area contributed by atoms with Gasteiger partial charge in [0.05, 0.1) is 11.5 Å². The van der Waals surface area contributed by atoms with Crippen molar-refractivity contribution in [2.45, 2.75) is 45.4 Å². The number of hydrogen-bond acceptors (Lipinski definition) is 3. The molecular formula is C15H27N3. The average Bonchev–Trinajstić information content (AvgIpc) is 2.38. The average molecular weight is 249 g/mol. The van der Waals surface area contributed by atoms with Gasteiger partial charge in [0.15, 0.2) is 0 Å². The standard InChI is InChI=1S/C15H27N3/c1-2-17-10-12-18(13-11-17)9-4-3-6-15(14-16)7-5-8-15/h2-13H2,1H3. The number of hydrogen-bond donors (Lipinski definition) is 0. The lowest BCUT2D eigenvalue weighted by atomic mass is 9.67. The van der Waals surface area contributed by atoms with Gasteiger partial charge in [-0.25, -0.2) is 0 Å². The predicted octanol–water partition coefficient (Wildman–Crippen LogP) is 2.49. The number of nitriles is 1. The highest BCUT2D eigenvalue weighted by atomic mass is 15.3. The monoisotopic (exact) mass is 249 g/mol. The largest absolute Gasteiger partial charge is 0.301 e. The van der Waals surface area contributed by atoms with Gasteiger partial charge in [-0.3, -0.25) is 0 Å². The van der Waals surface area contributed by atoms with Gasteiger partial charge >= 0.3 is 0 Å². The van der Waals surface area contributed by atoms with Crippen molar-refractivity contribution in [1.82, 2.24) is 9.80 Å². The van der Waals surface area contributed by atoms with Crippen LogP contribution < -0.4 is 0 Å². The van der Waals surface area contributed by atoms with Crippen LogP contribution in [-0.2, 0) is 0 Å². The molecule has 0 amide bonds. The number of unbranched alkanes of at least 4 members (excludes halogenated alkanes) is 1. The first-order chi connectivity index (χ1) is 8.78. The molecule has 0 spiro atoms. The summed E-state index contributed by atoms with van der Waals surface area (Å²) in [5, 5.41) is 9.17. The van der Waals surface area contributed by atoms with Gasteiger partial charge in [-0.2, -0.15) is 5.26 Å². The first-order valence-electron chi connectivity index (χ1n) is 7.64. The summed E-state index contributed by atoms with van der Waals surface area (Å²) in [6.07, 6.45) is 7.22. The van der Waals surface area contributed by atoms with Crippen molar-refractivity contribution < 1.29 is 0 Å². The predicted molar refractivity (Wildman–Crippen MR) is 74.3 cm³/mol. The Balaban J connectivity index is 1.55. The van der Waals surface area contributed by atoms with Crippen LogP contribution >= 0.6 is 0 Å². The van der Waals surface area contributed by atoms with Crippen LogP contribution in [0.25, 0.3) is 0 Å². The van der Waals surface area contributed by atoms with Crippen LogP contribution in [0.1, 0.15) is 45.4 Å². The minimum Gasteiger partial charge on any atom is -0.301 e. The van der Waals surface area contributed by atoms with Crippen LogP contribution in [0.15, 0.2) is 0 Å². The van der Waals surface area contributed by atoms with E-state index in [1.165, 1.54) is 58.5 Å². The molecule has 1 saturated heterocycles. The smallest absolute Gasteiger partial charge is 0.0689 e. The Labute approximate surface area is 112 Å². The summed E-state index contributed by atoms with van der Waals surface area (Å²) in [6.45, 7) is 9.61. The molecule has 3 heteroatoms. The van der Waals surface area contributed by atoms with Crippen LogP contribution in [0.5, 0.6) is 0 Å². The lowest BCUT2D eigenvalue weighted by molar-refractivity contribution is 0.131. The number of likely N-dealkylation sites (N-methyl/N-ethyl adjacent to an activating group) is 1. The van der Waals surface area contributed by atoms with Crippen LogP contribution in [0.2, 0.25) is 0 Å². The normalized spacial score (nSPS) is 24.4. The van der Waals surface area contributed by atoms with Gasteiger partial charge in [-0.05, 0) is 38.8 Å². The van der Waals surface area contributed by atoms with Gasteiger partial charge in [0.1, 0.15) is 0 Å². The molecule has 0 unspecified atom stereocenters.